The molecule has 2 aromatic rings. The van der Waals surface area contributed by atoms with Gasteiger partial charge in [-0.05, 0) is 100.0 Å². The molecule has 13 atom stereocenters. The number of ketones is 1. The first kappa shape index (κ1) is 52.7. The average Bonchev–Trinajstić information content (AvgIpc) is 3.83. The van der Waals surface area contributed by atoms with E-state index in [2.05, 4.69) is 59.4 Å². The highest BCUT2D eigenvalue weighted by atomic mass is 32.2. The van der Waals surface area contributed by atoms with Crippen LogP contribution in [0.5, 0.6) is 0 Å². The highest BCUT2D eigenvalue weighted by Crippen LogP contribution is 2.70. The molecule has 4 unspecified atom stereocenters. The second-order valence-electron chi connectivity index (χ2n) is 20.3. The van der Waals surface area contributed by atoms with Crippen LogP contribution < -0.4 is 21.3 Å². The van der Waals surface area contributed by atoms with E-state index in [1.807, 2.05) is 63.2 Å². The number of benzene rings is 2. The van der Waals surface area contributed by atoms with Crippen LogP contribution in [0.3, 0.4) is 0 Å². The monoisotopic (exact) mass is 982 g/mol. The highest BCUT2D eigenvalue weighted by Gasteiger charge is 2.76. The van der Waals surface area contributed by atoms with Crippen LogP contribution in [-0.4, -0.2) is 104 Å². The van der Waals surface area contributed by atoms with E-state index >= 15 is 0 Å². The van der Waals surface area contributed by atoms with Crippen molar-refractivity contribution >= 4 is 52.8 Å². The highest BCUT2D eigenvalue weighted by molar-refractivity contribution is 8.01. The zero-order valence-corrected chi connectivity index (χ0v) is 42.1. The maximum atomic E-state index is 14.0. The van der Waals surface area contributed by atoms with Crippen LogP contribution in [0.1, 0.15) is 116 Å². The van der Waals surface area contributed by atoms with Crippen molar-refractivity contribution in [2.75, 3.05) is 18.5 Å². The average molecular weight is 983 g/mol. The van der Waals surface area contributed by atoms with Crippen LogP contribution >= 0.6 is 11.8 Å². The van der Waals surface area contributed by atoms with Gasteiger partial charge in [0.2, 0.25) is 23.6 Å². The summed E-state index contributed by atoms with van der Waals surface area (Å²) in [4.78, 5) is 76.6. The van der Waals surface area contributed by atoms with Gasteiger partial charge in [-0.1, -0.05) is 94.0 Å². The number of thioether (sulfide) groups is 1. The smallest absolute Gasteiger partial charge is 0.305 e. The number of hydrogen-bond donors (Lipinski definition) is 7. The first-order valence-electron chi connectivity index (χ1n) is 24.7. The van der Waals surface area contributed by atoms with Crippen LogP contribution in [0.15, 0.2) is 84.0 Å². The Labute approximate surface area is 415 Å². The zero-order valence-electron chi connectivity index (χ0n) is 41.3. The first-order chi connectivity index (χ1) is 33.3. The standard InChI is InChI=1S/C54H70N4O11S/c1-8-30(3)70-42(27-46(63)64)50(67)55-22-20-45(62)56-31(4)48(65)57-32(5)49(66)58-38-12-10-11-35(25-38)23-34-13-15-36(16-14-34)51-68-44-26-40-39-18-17-37-24-33(9-2)19-21-52(37,6)47(39)41(60)28-53(40,7)54(44,69-51)43(61)29-59/h9-16,19,21,24-25,30-32,39-42,44,47,51,59-60H,8,17-18,20,22-23,26-29H2,1-7H3,(H,55,67)(H,56,62)(H,57,65)(H,58,66)(H,63,64)/b33-9-/t30?,31-,32-,39-,40?,41-,42?,44+,47?,51+,52-,53-,54+/m0/s1. The Morgan fingerprint density at radius 3 is 2.37 bits per heavy atom. The van der Waals surface area contributed by atoms with Crippen LogP contribution in [0.25, 0.3) is 0 Å². The van der Waals surface area contributed by atoms with Crippen molar-refractivity contribution in [2.45, 2.75) is 147 Å². The molecular formula is C54H70N4O11S. The number of amides is 4. The molecule has 16 heteroatoms. The molecule has 1 aliphatic heterocycles. The van der Waals surface area contributed by atoms with Gasteiger partial charge in [0, 0.05) is 46.2 Å². The number of Topliss-reactive ketones (excluding diaryl/α,β-unsaturated/α-hetero) is 1. The van der Waals surface area contributed by atoms with Gasteiger partial charge in [-0.3, -0.25) is 28.8 Å². The molecule has 3 saturated carbocycles. The maximum absolute atomic E-state index is 14.0. The van der Waals surface area contributed by atoms with Crippen molar-refractivity contribution in [2.24, 2.45) is 28.6 Å². The number of allylic oxidation sites excluding steroid dienone is 6. The predicted molar refractivity (Wildman–Crippen MR) is 266 cm³/mol. The van der Waals surface area contributed by atoms with Gasteiger partial charge >= 0.3 is 5.97 Å². The Morgan fingerprint density at radius 1 is 0.957 bits per heavy atom. The minimum Gasteiger partial charge on any atom is -0.481 e. The molecule has 5 aliphatic rings. The third-order valence-electron chi connectivity index (χ3n) is 15.8. The summed E-state index contributed by atoms with van der Waals surface area (Å²) >= 11 is 1.27. The summed E-state index contributed by atoms with van der Waals surface area (Å²) in [6.45, 7) is 12.5. The number of ether oxygens (including phenoxy) is 2. The molecule has 1 saturated heterocycles. The molecule has 7 rings (SSSR count). The van der Waals surface area contributed by atoms with Gasteiger partial charge < -0.3 is 46.1 Å². The SMILES string of the molecule is C/C=C1/C=C[C@@]2(C)C(=C1)CC[C@@H]1C2[C@@H](O)C[C@@]2(C)C1C[C@H]1O[C@@H](c3ccc(Cc4cccc(NC(=O)[C@H](C)NC(=O)[C@H](C)NC(=O)CCNC(=O)C(CC(=O)O)SC(C)CC)c4)cc3)O[C@]12C(=O)CO. The number of carboxylic acid groups (broad SMARTS) is 1. The molecule has 7 N–H and O–H groups in total. The summed E-state index contributed by atoms with van der Waals surface area (Å²) in [5.41, 5.74) is 3.20. The molecular weight excluding hydrogens is 913 g/mol. The summed E-state index contributed by atoms with van der Waals surface area (Å²) in [7, 11) is 0. The minimum absolute atomic E-state index is 0.0103. The lowest BCUT2D eigenvalue weighted by atomic mass is 9.46. The number of carbonyl (C=O) groups is 6. The number of fused-ring (bicyclic) bond motifs is 7. The third kappa shape index (κ3) is 10.6. The number of hydrogen-bond acceptors (Lipinski definition) is 11. The lowest BCUT2D eigenvalue weighted by molar-refractivity contribution is -0.201. The lowest BCUT2D eigenvalue weighted by Gasteiger charge is -2.59. The number of aliphatic hydroxyl groups is 2. The van der Waals surface area contributed by atoms with E-state index in [4.69, 9.17) is 9.47 Å². The van der Waals surface area contributed by atoms with Gasteiger partial charge in [-0.25, -0.2) is 0 Å². The molecule has 378 valence electrons. The van der Waals surface area contributed by atoms with Crippen molar-refractivity contribution in [3.63, 3.8) is 0 Å². The van der Waals surface area contributed by atoms with E-state index in [-0.39, 0.29) is 47.8 Å². The Kier molecular flexibility index (Phi) is 16.3. The number of anilines is 1. The lowest BCUT2D eigenvalue weighted by Crippen LogP contribution is -2.63. The van der Waals surface area contributed by atoms with E-state index in [9.17, 15) is 44.1 Å². The molecule has 4 aliphatic carbocycles. The number of carboxylic acids is 1. The fraction of sp³-hybridized carbons (Fsp3) is 0.556. The van der Waals surface area contributed by atoms with Gasteiger partial charge in [0.1, 0.15) is 18.7 Å². The number of carbonyl (C=O) groups excluding carboxylic acids is 5. The van der Waals surface area contributed by atoms with E-state index in [0.717, 1.165) is 36.0 Å². The van der Waals surface area contributed by atoms with Gasteiger partial charge in [-0.15, -0.1) is 11.8 Å². The quantitative estimate of drug-likeness (QED) is 0.0849. The topological polar surface area (TPSA) is 230 Å². The van der Waals surface area contributed by atoms with Crippen molar-refractivity contribution in [3.05, 3.63) is 101 Å². The molecule has 0 aromatic heterocycles. The van der Waals surface area contributed by atoms with Gasteiger partial charge in [0.05, 0.1) is 23.9 Å². The molecule has 4 amide bonds. The largest absolute Gasteiger partial charge is 0.481 e. The Bertz CT molecular complexity index is 2420. The van der Waals surface area contributed by atoms with Crippen molar-refractivity contribution < 1.29 is 53.6 Å². The fourth-order valence-electron chi connectivity index (χ4n) is 12.0. The van der Waals surface area contributed by atoms with Gasteiger partial charge in [0.15, 0.2) is 17.7 Å². The van der Waals surface area contributed by atoms with Crippen molar-refractivity contribution in [1.29, 1.82) is 0 Å². The second kappa shape index (κ2) is 21.7. The molecule has 0 radical (unpaired) electrons. The summed E-state index contributed by atoms with van der Waals surface area (Å²) < 4.78 is 13.5. The van der Waals surface area contributed by atoms with E-state index in [1.54, 1.807) is 6.07 Å². The van der Waals surface area contributed by atoms with Crippen LogP contribution in [0, 0.1) is 28.6 Å². The van der Waals surface area contributed by atoms with E-state index < -0.39 is 88.8 Å². The van der Waals surface area contributed by atoms with Crippen LogP contribution in [0.2, 0.25) is 0 Å². The second-order valence-corrected chi connectivity index (χ2v) is 22.0. The van der Waals surface area contributed by atoms with Gasteiger partial charge in [-0.2, -0.15) is 0 Å². The van der Waals surface area contributed by atoms with Crippen molar-refractivity contribution in [3.8, 4) is 0 Å². The Hall–Kier alpha value is -5.13. The zero-order chi connectivity index (χ0) is 50.7. The molecule has 0 spiro atoms. The Morgan fingerprint density at radius 2 is 1.69 bits per heavy atom. The summed E-state index contributed by atoms with van der Waals surface area (Å²) in [5, 5.41) is 41.7. The molecule has 4 fully saturated rings. The summed E-state index contributed by atoms with van der Waals surface area (Å²) in [5.74, 6) is -3.32. The molecule has 15 nitrogen and oxygen atoms in total. The van der Waals surface area contributed by atoms with Crippen LogP contribution in [-0.2, 0) is 44.7 Å². The molecule has 1 heterocycles. The summed E-state index contributed by atoms with van der Waals surface area (Å²) in [6, 6.07) is 13.2. The molecule has 2 aromatic carbocycles. The fourth-order valence-corrected chi connectivity index (χ4v) is 13.2. The first-order valence-corrected chi connectivity index (χ1v) is 25.7. The van der Waals surface area contributed by atoms with E-state index in [1.165, 1.54) is 36.8 Å². The normalized spacial score (nSPS) is 30.8. The van der Waals surface area contributed by atoms with Crippen LogP contribution in [0.4, 0.5) is 5.69 Å². The Balaban J connectivity index is 0.909. The number of nitrogens with one attached hydrogen (secondary N) is 4. The number of rotatable bonds is 19. The summed E-state index contributed by atoms with van der Waals surface area (Å²) in [6.07, 6.45) is 10.3. The predicted octanol–water partition coefficient (Wildman–Crippen LogP) is 6.09. The number of aliphatic hydroxyl groups excluding tert-OH is 2. The minimum atomic E-state index is -1.41. The van der Waals surface area contributed by atoms with Crippen molar-refractivity contribution in [1.82, 2.24) is 16.0 Å². The number of aliphatic carboxylic acids is 1. The molecule has 0 bridgehead atoms. The third-order valence-corrected chi connectivity index (χ3v) is 17.3. The maximum Gasteiger partial charge on any atom is 0.305 e. The molecule has 70 heavy (non-hydrogen) atoms. The van der Waals surface area contributed by atoms with E-state index in [0.29, 0.717) is 24.9 Å². The van der Waals surface area contributed by atoms with Gasteiger partial charge in [0.25, 0.3) is 0 Å².